The Hall–Kier alpha value is -1.65. The Labute approximate surface area is 102 Å². The fourth-order valence-electron chi connectivity index (χ4n) is 1.08. The van der Waals surface area contributed by atoms with E-state index in [0.717, 1.165) is 0 Å². The average molecular weight is 236 g/mol. The Morgan fingerprint density at radius 3 is 2.53 bits per heavy atom. The number of rotatable bonds is 3. The lowest BCUT2D eigenvalue weighted by atomic mass is 9.88. The smallest absolute Gasteiger partial charge is 0.271 e. The van der Waals surface area contributed by atoms with Gasteiger partial charge in [-0.1, -0.05) is 20.8 Å². The van der Waals surface area contributed by atoms with Gasteiger partial charge in [-0.05, 0) is 12.3 Å². The summed E-state index contributed by atoms with van der Waals surface area (Å²) in [6.45, 7) is 8.21. The third-order valence-electron chi connectivity index (χ3n) is 2.77. The van der Waals surface area contributed by atoms with Crippen molar-refractivity contribution in [3.8, 4) is 0 Å². The minimum atomic E-state index is -0.197. The summed E-state index contributed by atoms with van der Waals surface area (Å²) < 4.78 is 0. The highest BCUT2D eigenvalue weighted by molar-refractivity contribution is 5.92. The monoisotopic (exact) mass is 236 g/mol. The molecule has 5 heteroatoms. The maximum absolute atomic E-state index is 11.9. The lowest BCUT2D eigenvalue weighted by molar-refractivity contribution is 0.0904. The van der Waals surface area contributed by atoms with E-state index < -0.39 is 0 Å². The third kappa shape index (κ3) is 3.69. The molecular formula is C12H20N4O. The summed E-state index contributed by atoms with van der Waals surface area (Å²) in [5.41, 5.74) is 0.344. The second-order valence-electron chi connectivity index (χ2n) is 5.10. The zero-order valence-electron chi connectivity index (χ0n) is 11.0. The maximum atomic E-state index is 11.9. The molecule has 0 spiro atoms. The van der Waals surface area contributed by atoms with Crippen LogP contribution in [0.5, 0.6) is 0 Å². The van der Waals surface area contributed by atoms with Gasteiger partial charge in [-0.3, -0.25) is 9.78 Å². The van der Waals surface area contributed by atoms with Crippen LogP contribution >= 0.6 is 0 Å². The number of nitrogens with one attached hydrogen (secondary N) is 2. The highest BCUT2D eigenvalue weighted by atomic mass is 16.1. The van der Waals surface area contributed by atoms with Crippen LogP contribution in [0.3, 0.4) is 0 Å². The number of aromatic nitrogens is 2. The van der Waals surface area contributed by atoms with Crippen molar-refractivity contribution in [1.82, 2.24) is 15.3 Å². The fourth-order valence-corrected chi connectivity index (χ4v) is 1.08. The molecule has 0 saturated heterocycles. The Kier molecular flexibility index (Phi) is 4.04. The molecule has 5 nitrogen and oxygen atoms in total. The SMILES string of the molecule is CNc1cncc(C(=O)NC(C)C(C)(C)C)n1. The first kappa shape index (κ1) is 13.4. The van der Waals surface area contributed by atoms with Gasteiger partial charge in [-0.15, -0.1) is 0 Å². The molecule has 0 aliphatic heterocycles. The van der Waals surface area contributed by atoms with Gasteiger partial charge < -0.3 is 10.6 Å². The quantitative estimate of drug-likeness (QED) is 0.838. The van der Waals surface area contributed by atoms with Crippen LogP contribution in [0.1, 0.15) is 38.2 Å². The van der Waals surface area contributed by atoms with Crippen molar-refractivity contribution in [2.24, 2.45) is 5.41 Å². The van der Waals surface area contributed by atoms with E-state index in [1.807, 2.05) is 6.92 Å². The molecule has 1 aromatic heterocycles. The summed E-state index contributed by atoms with van der Waals surface area (Å²) in [6.07, 6.45) is 3.04. The van der Waals surface area contributed by atoms with Gasteiger partial charge in [0.15, 0.2) is 0 Å². The third-order valence-corrected chi connectivity index (χ3v) is 2.77. The van der Waals surface area contributed by atoms with Gasteiger partial charge in [0, 0.05) is 13.1 Å². The number of nitrogens with zero attached hydrogens (tertiary/aromatic N) is 2. The standard InChI is InChI=1S/C12H20N4O/c1-8(12(2,3)4)15-11(17)9-6-14-7-10(13-5)16-9/h6-8H,1-5H3,(H,13,16)(H,15,17). The van der Waals surface area contributed by atoms with Crippen LogP contribution in [-0.2, 0) is 0 Å². The van der Waals surface area contributed by atoms with E-state index >= 15 is 0 Å². The Bertz CT molecular complexity index is 398. The zero-order chi connectivity index (χ0) is 13.1. The van der Waals surface area contributed by atoms with Gasteiger partial charge in [0.25, 0.3) is 5.91 Å². The molecule has 1 unspecified atom stereocenters. The van der Waals surface area contributed by atoms with Crippen molar-refractivity contribution in [2.75, 3.05) is 12.4 Å². The number of hydrogen-bond donors (Lipinski definition) is 2. The molecule has 1 atom stereocenters. The van der Waals surface area contributed by atoms with Gasteiger partial charge in [0.05, 0.1) is 12.4 Å². The molecule has 2 N–H and O–H groups in total. The summed E-state index contributed by atoms with van der Waals surface area (Å²) in [7, 11) is 1.74. The zero-order valence-corrected chi connectivity index (χ0v) is 11.0. The number of hydrogen-bond acceptors (Lipinski definition) is 4. The van der Waals surface area contributed by atoms with Crippen molar-refractivity contribution in [2.45, 2.75) is 33.7 Å². The average Bonchev–Trinajstić information content (AvgIpc) is 2.27. The fraction of sp³-hybridized carbons (Fsp3) is 0.583. The first-order valence-corrected chi connectivity index (χ1v) is 5.65. The lowest BCUT2D eigenvalue weighted by Gasteiger charge is -2.27. The number of anilines is 1. The molecule has 1 amide bonds. The van der Waals surface area contributed by atoms with E-state index in [-0.39, 0.29) is 17.4 Å². The second kappa shape index (κ2) is 5.12. The van der Waals surface area contributed by atoms with Crippen LogP contribution in [0.4, 0.5) is 5.82 Å². The predicted octanol–water partition coefficient (Wildman–Crippen LogP) is 1.68. The minimum Gasteiger partial charge on any atom is -0.372 e. The maximum Gasteiger partial charge on any atom is 0.271 e. The first-order chi connectivity index (χ1) is 7.84. The van der Waals surface area contributed by atoms with Crippen LogP contribution < -0.4 is 10.6 Å². The Morgan fingerprint density at radius 2 is 2.00 bits per heavy atom. The molecule has 17 heavy (non-hydrogen) atoms. The van der Waals surface area contributed by atoms with Crippen molar-refractivity contribution >= 4 is 11.7 Å². The van der Waals surface area contributed by atoms with E-state index in [1.165, 1.54) is 6.20 Å². The van der Waals surface area contributed by atoms with Crippen molar-refractivity contribution in [3.05, 3.63) is 18.1 Å². The van der Waals surface area contributed by atoms with E-state index in [1.54, 1.807) is 13.2 Å². The Morgan fingerprint density at radius 1 is 1.35 bits per heavy atom. The second-order valence-corrected chi connectivity index (χ2v) is 5.10. The Balaban J connectivity index is 2.76. The first-order valence-electron chi connectivity index (χ1n) is 5.65. The summed E-state index contributed by atoms with van der Waals surface area (Å²) >= 11 is 0. The summed E-state index contributed by atoms with van der Waals surface area (Å²) in [4.78, 5) is 20.0. The molecule has 0 aliphatic carbocycles. The van der Waals surface area contributed by atoms with E-state index in [4.69, 9.17) is 0 Å². The molecule has 1 heterocycles. The van der Waals surface area contributed by atoms with Crippen LogP contribution in [0.25, 0.3) is 0 Å². The predicted molar refractivity (Wildman–Crippen MR) is 68.0 cm³/mol. The lowest BCUT2D eigenvalue weighted by Crippen LogP contribution is -2.41. The van der Waals surface area contributed by atoms with Crippen LogP contribution in [-0.4, -0.2) is 29.0 Å². The normalized spacial score (nSPS) is 13.0. The molecule has 0 radical (unpaired) electrons. The largest absolute Gasteiger partial charge is 0.372 e. The van der Waals surface area contributed by atoms with Gasteiger partial charge in [0.2, 0.25) is 0 Å². The van der Waals surface area contributed by atoms with Crippen LogP contribution in [0, 0.1) is 5.41 Å². The summed E-state index contributed by atoms with van der Waals surface area (Å²) in [5, 5.41) is 5.77. The molecule has 0 saturated carbocycles. The van der Waals surface area contributed by atoms with Crippen molar-refractivity contribution in [3.63, 3.8) is 0 Å². The number of carbonyl (C=O) groups is 1. The highest BCUT2D eigenvalue weighted by Crippen LogP contribution is 2.18. The molecule has 94 valence electrons. The number of amides is 1. The van der Waals surface area contributed by atoms with Gasteiger partial charge in [0.1, 0.15) is 11.5 Å². The molecule has 0 aliphatic rings. The van der Waals surface area contributed by atoms with Gasteiger partial charge in [-0.2, -0.15) is 0 Å². The molecule has 0 fully saturated rings. The molecule has 1 rings (SSSR count). The summed E-state index contributed by atoms with van der Waals surface area (Å²) in [5.74, 6) is 0.387. The van der Waals surface area contributed by atoms with E-state index in [0.29, 0.717) is 11.5 Å². The minimum absolute atomic E-state index is 0.0176. The molecule has 1 aromatic rings. The molecule has 0 aromatic carbocycles. The summed E-state index contributed by atoms with van der Waals surface area (Å²) in [6, 6.07) is 0.0649. The van der Waals surface area contributed by atoms with Crippen molar-refractivity contribution < 1.29 is 4.79 Å². The molecule has 0 bridgehead atoms. The number of carbonyl (C=O) groups excluding carboxylic acids is 1. The van der Waals surface area contributed by atoms with Gasteiger partial charge in [-0.25, -0.2) is 4.98 Å². The van der Waals surface area contributed by atoms with Crippen molar-refractivity contribution in [1.29, 1.82) is 0 Å². The van der Waals surface area contributed by atoms with E-state index in [2.05, 4.69) is 41.4 Å². The van der Waals surface area contributed by atoms with Crippen LogP contribution in [0.15, 0.2) is 12.4 Å². The van der Waals surface area contributed by atoms with E-state index in [9.17, 15) is 4.79 Å². The highest BCUT2D eigenvalue weighted by Gasteiger charge is 2.22. The topological polar surface area (TPSA) is 66.9 Å². The molecular weight excluding hydrogens is 216 g/mol. The van der Waals surface area contributed by atoms with Crippen LogP contribution in [0.2, 0.25) is 0 Å². The van der Waals surface area contributed by atoms with Gasteiger partial charge >= 0.3 is 0 Å².